The van der Waals surface area contributed by atoms with E-state index in [2.05, 4.69) is 9.97 Å². The van der Waals surface area contributed by atoms with Gasteiger partial charge in [-0.05, 0) is 11.8 Å². The van der Waals surface area contributed by atoms with E-state index in [1.165, 1.54) is 12.3 Å². The van der Waals surface area contributed by atoms with E-state index in [9.17, 15) is 9.59 Å². The molecule has 1 N–H and O–H groups in total. The van der Waals surface area contributed by atoms with Gasteiger partial charge in [0.25, 0.3) is 5.12 Å². The lowest BCUT2D eigenvalue weighted by Gasteiger charge is -1.97. The van der Waals surface area contributed by atoms with E-state index in [-0.39, 0.29) is 16.6 Å². The minimum Gasteiger partial charge on any atom is -0.477 e. The van der Waals surface area contributed by atoms with Crippen LogP contribution in [0.15, 0.2) is 12.3 Å². The molecule has 0 amide bonds. The molecule has 6 heteroatoms. The third kappa shape index (κ3) is 2.53. The first-order chi connectivity index (χ1) is 6.65. The van der Waals surface area contributed by atoms with Crippen molar-refractivity contribution in [3.05, 3.63) is 23.8 Å². The molecule has 1 rings (SSSR count). The van der Waals surface area contributed by atoms with Crippen molar-refractivity contribution in [2.75, 3.05) is 5.75 Å². The molecule has 0 spiro atoms. The highest BCUT2D eigenvalue weighted by molar-refractivity contribution is 8.14. The van der Waals surface area contributed by atoms with Crippen LogP contribution in [0.2, 0.25) is 0 Å². The maximum Gasteiger partial charge on any atom is 0.354 e. The van der Waals surface area contributed by atoms with Gasteiger partial charge in [0.1, 0.15) is 0 Å². The van der Waals surface area contributed by atoms with Gasteiger partial charge in [-0.25, -0.2) is 14.8 Å². The number of carboxylic acids is 1. The lowest BCUT2D eigenvalue weighted by molar-refractivity contribution is 0.0690. The van der Waals surface area contributed by atoms with Crippen molar-refractivity contribution in [2.45, 2.75) is 6.92 Å². The number of rotatable bonds is 3. The second-order valence-electron chi connectivity index (χ2n) is 2.29. The van der Waals surface area contributed by atoms with Gasteiger partial charge in [-0.1, -0.05) is 18.7 Å². The van der Waals surface area contributed by atoms with Crippen LogP contribution in [-0.2, 0) is 0 Å². The molecule has 1 aromatic heterocycles. The van der Waals surface area contributed by atoms with E-state index in [1.807, 2.05) is 6.92 Å². The van der Waals surface area contributed by atoms with Crippen LogP contribution in [-0.4, -0.2) is 31.9 Å². The van der Waals surface area contributed by atoms with Crippen molar-refractivity contribution in [2.24, 2.45) is 0 Å². The molecule has 1 heterocycles. The molecule has 1 aromatic rings. The Morgan fingerprint density at radius 2 is 2.29 bits per heavy atom. The summed E-state index contributed by atoms with van der Waals surface area (Å²) < 4.78 is 0. The fourth-order valence-corrected chi connectivity index (χ4v) is 1.26. The molecule has 0 atom stereocenters. The Balaban J connectivity index is 2.93. The molecule has 0 unspecified atom stereocenters. The molecule has 74 valence electrons. The number of carboxylic acid groups (broad SMARTS) is 1. The number of thioether (sulfide) groups is 1. The quantitative estimate of drug-likeness (QED) is 0.807. The predicted octanol–water partition coefficient (Wildman–Crippen LogP) is 1.07. The third-order valence-corrected chi connectivity index (χ3v) is 2.07. The van der Waals surface area contributed by atoms with E-state index in [1.54, 1.807) is 0 Å². The summed E-state index contributed by atoms with van der Waals surface area (Å²) in [5.74, 6) is -0.612. The summed E-state index contributed by atoms with van der Waals surface area (Å²) in [5.41, 5.74) is -0.167. The molecule has 0 bridgehead atoms. The Bertz CT molecular complexity index is 367. The Kier molecular flexibility index (Phi) is 3.58. The highest BCUT2D eigenvalue weighted by Gasteiger charge is 2.12. The van der Waals surface area contributed by atoms with Crippen LogP contribution in [0.4, 0.5) is 0 Å². The van der Waals surface area contributed by atoms with E-state index < -0.39 is 5.97 Å². The van der Waals surface area contributed by atoms with Crippen molar-refractivity contribution >= 4 is 22.8 Å². The van der Waals surface area contributed by atoms with Crippen LogP contribution in [0.25, 0.3) is 0 Å². The number of nitrogens with zero attached hydrogens (tertiary/aromatic N) is 2. The number of aromatic nitrogens is 2. The largest absolute Gasteiger partial charge is 0.477 e. The minimum atomic E-state index is -1.16. The fourth-order valence-electron chi connectivity index (χ4n) is 0.772. The first kappa shape index (κ1) is 10.6. The lowest BCUT2D eigenvalue weighted by Crippen LogP contribution is -2.07. The summed E-state index contributed by atoms with van der Waals surface area (Å²) in [6, 6.07) is 1.25. The van der Waals surface area contributed by atoms with Gasteiger partial charge in [0.2, 0.25) is 5.82 Å². The van der Waals surface area contributed by atoms with Gasteiger partial charge in [-0.15, -0.1) is 0 Å². The maximum atomic E-state index is 11.3. The molecule has 0 aromatic carbocycles. The normalized spacial score (nSPS) is 9.79. The second kappa shape index (κ2) is 4.71. The van der Waals surface area contributed by atoms with Crippen molar-refractivity contribution in [3.8, 4) is 0 Å². The predicted molar refractivity (Wildman–Crippen MR) is 51.5 cm³/mol. The topological polar surface area (TPSA) is 80.2 Å². The lowest BCUT2D eigenvalue weighted by atomic mass is 10.4. The first-order valence-electron chi connectivity index (χ1n) is 3.88. The van der Waals surface area contributed by atoms with Gasteiger partial charge in [0.15, 0.2) is 5.69 Å². The maximum absolute atomic E-state index is 11.3. The first-order valence-corrected chi connectivity index (χ1v) is 4.87. The molecule has 14 heavy (non-hydrogen) atoms. The zero-order chi connectivity index (χ0) is 10.6. The Labute approximate surface area is 84.6 Å². The number of carbonyl (C=O) groups excluding carboxylic acids is 1. The van der Waals surface area contributed by atoms with Crippen molar-refractivity contribution in [1.82, 2.24) is 9.97 Å². The van der Waals surface area contributed by atoms with Gasteiger partial charge in [-0.2, -0.15) is 0 Å². The zero-order valence-electron chi connectivity index (χ0n) is 7.43. The van der Waals surface area contributed by atoms with Crippen LogP contribution in [0.1, 0.15) is 28.0 Å². The summed E-state index contributed by atoms with van der Waals surface area (Å²) in [4.78, 5) is 29.1. The minimum absolute atomic E-state index is 0.0586. The number of carbonyl (C=O) groups is 2. The molecule has 0 aliphatic heterocycles. The van der Waals surface area contributed by atoms with Crippen molar-refractivity contribution in [3.63, 3.8) is 0 Å². The van der Waals surface area contributed by atoms with Gasteiger partial charge in [0.05, 0.1) is 0 Å². The van der Waals surface area contributed by atoms with Crippen LogP contribution in [0, 0.1) is 0 Å². The molecular weight excluding hydrogens is 204 g/mol. The fraction of sp³-hybridized carbons (Fsp3) is 0.250. The van der Waals surface area contributed by atoms with E-state index in [0.29, 0.717) is 5.75 Å². The van der Waals surface area contributed by atoms with Crippen LogP contribution in [0.3, 0.4) is 0 Å². The van der Waals surface area contributed by atoms with Gasteiger partial charge in [0, 0.05) is 6.20 Å². The standard InChI is InChI=1S/C8H8N2O3S/c1-2-14-8(13)6-9-4-3-5(10-6)7(11)12/h3-4H,2H2,1H3,(H,11,12). The van der Waals surface area contributed by atoms with E-state index in [4.69, 9.17) is 5.11 Å². The van der Waals surface area contributed by atoms with Crippen LogP contribution in [0.5, 0.6) is 0 Å². The molecule has 0 aliphatic rings. The average Bonchev–Trinajstić information content (AvgIpc) is 2.18. The Hall–Kier alpha value is -1.43. The summed E-state index contributed by atoms with van der Waals surface area (Å²) in [7, 11) is 0. The molecule has 0 fully saturated rings. The molecule has 0 saturated carbocycles. The summed E-state index contributed by atoms with van der Waals surface area (Å²) in [6.45, 7) is 1.82. The van der Waals surface area contributed by atoms with Gasteiger partial charge < -0.3 is 5.11 Å². The number of hydrogen-bond donors (Lipinski definition) is 1. The average molecular weight is 212 g/mol. The summed E-state index contributed by atoms with van der Waals surface area (Å²) >= 11 is 1.05. The molecule has 0 saturated heterocycles. The molecule has 5 nitrogen and oxygen atoms in total. The highest BCUT2D eigenvalue weighted by atomic mass is 32.2. The van der Waals surface area contributed by atoms with E-state index >= 15 is 0 Å². The second-order valence-corrected chi connectivity index (χ2v) is 3.53. The Morgan fingerprint density at radius 1 is 1.57 bits per heavy atom. The van der Waals surface area contributed by atoms with Crippen molar-refractivity contribution < 1.29 is 14.7 Å². The molecule has 0 radical (unpaired) electrons. The van der Waals surface area contributed by atoms with E-state index in [0.717, 1.165) is 11.8 Å². The SMILES string of the molecule is CCSC(=O)c1nccc(C(=O)O)n1. The number of hydrogen-bond acceptors (Lipinski definition) is 5. The smallest absolute Gasteiger partial charge is 0.354 e. The summed E-state index contributed by atoms with van der Waals surface area (Å²) in [6.07, 6.45) is 1.26. The van der Waals surface area contributed by atoms with Gasteiger partial charge in [-0.3, -0.25) is 4.79 Å². The monoisotopic (exact) mass is 212 g/mol. The Morgan fingerprint density at radius 3 is 2.86 bits per heavy atom. The van der Waals surface area contributed by atoms with Crippen molar-refractivity contribution in [1.29, 1.82) is 0 Å². The van der Waals surface area contributed by atoms with Crippen LogP contribution >= 0.6 is 11.8 Å². The highest BCUT2D eigenvalue weighted by Crippen LogP contribution is 2.07. The number of aromatic carboxylic acids is 1. The third-order valence-electron chi connectivity index (χ3n) is 1.33. The van der Waals surface area contributed by atoms with Crippen LogP contribution < -0.4 is 0 Å². The zero-order valence-corrected chi connectivity index (χ0v) is 8.24. The molecular formula is C8H8N2O3S. The molecule has 0 aliphatic carbocycles. The van der Waals surface area contributed by atoms with Gasteiger partial charge >= 0.3 is 5.97 Å². The summed E-state index contributed by atoms with van der Waals surface area (Å²) in [5, 5.41) is 8.30.